The van der Waals surface area contributed by atoms with Gasteiger partial charge in [-0.15, -0.1) is 0 Å². The van der Waals surface area contributed by atoms with Crippen LogP contribution in [0.25, 0.3) is 67.4 Å². The van der Waals surface area contributed by atoms with E-state index in [4.69, 9.17) is 29.9 Å². The first-order valence-electron chi connectivity index (χ1n) is 20.0. The van der Waals surface area contributed by atoms with Crippen LogP contribution in [0, 0.1) is 0 Å². The Hall–Kier alpha value is -7.16. The number of pyridine rings is 4. The highest BCUT2D eigenvalue weighted by Crippen LogP contribution is 2.33. The van der Waals surface area contributed by atoms with Crippen LogP contribution in [0.15, 0.2) is 168 Å². The molecule has 62 heavy (non-hydrogen) atoms. The average molecular weight is 941 g/mol. The second-order valence-corrected chi connectivity index (χ2v) is 16.4. The summed E-state index contributed by atoms with van der Waals surface area (Å²) in [5.41, 5.74) is 8.83. The number of hydrogen-bond acceptors (Lipinski definition) is 10. The average Bonchev–Trinajstić information content (AvgIpc) is 3.94. The number of halogens is 2. The fourth-order valence-electron chi connectivity index (χ4n) is 7.60. The van der Waals surface area contributed by atoms with Gasteiger partial charge in [-0.2, -0.15) is 0 Å². The number of nitrogens with one attached hydrogen (secondary N) is 2. The molecule has 10 aromatic rings. The summed E-state index contributed by atoms with van der Waals surface area (Å²) in [6, 6.07) is 36.3. The first-order chi connectivity index (χ1) is 30.5. The van der Waals surface area contributed by atoms with Crippen molar-refractivity contribution in [1.82, 2.24) is 49.8 Å². The molecule has 12 nitrogen and oxygen atoms in total. The van der Waals surface area contributed by atoms with E-state index in [2.05, 4.69) is 111 Å². The van der Waals surface area contributed by atoms with Crippen LogP contribution in [0.2, 0.25) is 0 Å². The standard InChI is InChI=1S/C48H36Br2N12/c49-35-21-33(25-51-29-35)43-23-45(59-47(57-43)41-13-5-7-17-53-41)61(19-15-31-27-55-39-11-3-1-9-37(31)39)62(20-16-32-28-56-40-12-4-2-10-38(32)40)46-24-44(34-22-36(50)30-52-26-34)58-48(60-46)42-14-6-8-18-54-42/h1-14,17-18,21-30,55-56H,15-16,19-20H2. The molecule has 0 unspecified atom stereocenters. The number of hydrazine groups is 1. The summed E-state index contributed by atoms with van der Waals surface area (Å²) in [6.07, 6.45) is 16.2. The Bertz CT molecular complexity index is 2940. The molecule has 10 rings (SSSR count). The lowest BCUT2D eigenvalue weighted by atomic mass is 10.1. The fraction of sp³-hybridized carbons (Fsp3) is 0.0833. The van der Waals surface area contributed by atoms with Crippen LogP contribution in [-0.4, -0.2) is 62.9 Å². The van der Waals surface area contributed by atoms with E-state index < -0.39 is 0 Å². The highest BCUT2D eigenvalue weighted by molar-refractivity contribution is 9.10. The van der Waals surface area contributed by atoms with E-state index >= 15 is 0 Å². The molecule has 0 bridgehead atoms. The maximum absolute atomic E-state index is 5.32. The van der Waals surface area contributed by atoms with Gasteiger partial charge in [-0.25, -0.2) is 19.9 Å². The van der Waals surface area contributed by atoms with Crippen molar-refractivity contribution in [1.29, 1.82) is 0 Å². The first kappa shape index (κ1) is 39.0. The van der Waals surface area contributed by atoms with Crippen LogP contribution in [0.4, 0.5) is 11.6 Å². The Morgan fingerprint density at radius 3 is 1.35 bits per heavy atom. The van der Waals surface area contributed by atoms with E-state index in [1.807, 2.05) is 85.2 Å². The van der Waals surface area contributed by atoms with Crippen LogP contribution >= 0.6 is 31.9 Å². The molecule has 0 aliphatic heterocycles. The van der Waals surface area contributed by atoms with Gasteiger partial charge in [0, 0.05) is 117 Å². The van der Waals surface area contributed by atoms with Crippen molar-refractivity contribution in [3.05, 3.63) is 179 Å². The molecule has 0 spiro atoms. The normalized spacial score (nSPS) is 11.3. The summed E-state index contributed by atoms with van der Waals surface area (Å²) in [5.74, 6) is 2.25. The lowest BCUT2D eigenvalue weighted by Crippen LogP contribution is -2.46. The summed E-state index contributed by atoms with van der Waals surface area (Å²) >= 11 is 7.27. The van der Waals surface area contributed by atoms with Gasteiger partial charge in [0.05, 0.1) is 11.4 Å². The number of aromatic nitrogens is 10. The molecule has 2 N–H and O–H groups in total. The number of nitrogens with zero attached hydrogens (tertiary/aromatic N) is 10. The summed E-state index contributed by atoms with van der Waals surface area (Å²) in [7, 11) is 0. The van der Waals surface area contributed by atoms with Crippen molar-refractivity contribution in [2.24, 2.45) is 0 Å². The van der Waals surface area contributed by atoms with E-state index in [0.29, 0.717) is 72.0 Å². The van der Waals surface area contributed by atoms with Crippen LogP contribution in [-0.2, 0) is 12.8 Å². The van der Waals surface area contributed by atoms with Crippen LogP contribution in [0.1, 0.15) is 11.1 Å². The van der Waals surface area contributed by atoms with Gasteiger partial charge in [0.2, 0.25) is 0 Å². The number of fused-ring (bicyclic) bond motifs is 2. The third kappa shape index (κ3) is 8.29. The van der Waals surface area contributed by atoms with Gasteiger partial charge < -0.3 is 9.97 Å². The maximum Gasteiger partial charge on any atom is 0.180 e. The summed E-state index contributed by atoms with van der Waals surface area (Å²) < 4.78 is 1.67. The predicted molar refractivity (Wildman–Crippen MR) is 251 cm³/mol. The zero-order valence-corrected chi connectivity index (χ0v) is 36.2. The molecule has 0 amide bonds. The molecule has 0 radical (unpaired) electrons. The molecule has 14 heteroatoms. The van der Waals surface area contributed by atoms with Gasteiger partial charge in [-0.3, -0.25) is 30.0 Å². The van der Waals surface area contributed by atoms with Gasteiger partial charge >= 0.3 is 0 Å². The zero-order valence-electron chi connectivity index (χ0n) is 33.1. The minimum absolute atomic E-state index is 0.476. The Morgan fingerprint density at radius 2 is 0.919 bits per heavy atom. The second kappa shape index (κ2) is 17.4. The van der Waals surface area contributed by atoms with Crippen LogP contribution in [0.3, 0.4) is 0 Å². The number of H-pyrrole nitrogens is 2. The molecule has 0 fully saturated rings. The highest BCUT2D eigenvalue weighted by Gasteiger charge is 2.25. The summed E-state index contributed by atoms with van der Waals surface area (Å²) in [5, 5.41) is 6.76. The maximum atomic E-state index is 5.32. The summed E-state index contributed by atoms with van der Waals surface area (Å²) in [6.45, 7) is 1.03. The second-order valence-electron chi connectivity index (χ2n) is 14.5. The Balaban J connectivity index is 1.20. The smallest absolute Gasteiger partial charge is 0.180 e. The van der Waals surface area contributed by atoms with E-state index in [-0.39, 0.29) is 0 Å². The quantitative estimate of drug-likeness (QED) is 0.107. The van der Waals surface area contributed by atoms with Crippen LogP contribution in [0.5, 0.6) is 0 Å². The highest BCUT2D eigenvalue weighted by atomic mass is 79.9. The van der Waals surface area contributed by atoms with E-state index in [1.54, 1.807) is 24.8 Å². The third-order valence-electron chi connectivity index (χ3n) is 10.6. The molecule has 8 aromatic heterocycles. The van der Waals surface area contributed by atoms with Crippen molar-refractivity contribution in [3.8, 4) is 45.6 Å². The molecule has 0 aliphatic rings. The molecule has 0 aliphatic carbocycles. The van der Waals surface area contributed by atoms with Crippen LogP contribution < -0.4 is 10.0 Å². The zero-order chi connectivity index (χ0) is 41.8. The minimum Gasteiger partial charge on any atom is -0.361 e. The number of para-hydroxylation sites is 2. The van der Waals surface area contributed by atoms with Crippen molar-refractivity contribution < 1.29 is 0 Å². The third-order valence-corrected chi connectivity index (χ3v) is 11.4. The molecule has 302 valence electrons. The Kier molecular flexibility index (Phi) is 11.0. The lowest BCUT2D eigenvalue weighted by Gasteiger charge is -2.37. The SMILES string of the molecule is Brc1cncc(-c2cc(N(CCc3c[nH]c4ccccc34)N(CCc3c[nH]c4ccccc34)c3cc(-c4cncc(Br)c4)nc(-c4ccccn4)n3)nc(-c3ccccn3)n2)c1. The van der Waals surface area contributed by atoms with Gasteiger partial charge in [0.1, 0.15) is 11.4 Å². The number of hydrogen-bond donors (Lipinski definition) is 2. The van der Waals surface area contributed by atoms with Gasteiger partial charge in [0.15, 0.2) is 23.3 Å². The predicted octanol–water partition coefficient (Wildman–Crippen LogP) is 10.7. The fourth-order valence-corrected chi connectivity index (χ4v) is 8.33. The molecule has 2 aromatic carbocycles. The molecule has 0 saturated heterocycles. The number of rotatable bonds is 13. The molecular formula is C48H36Br2N12. The van der Waals surface area contributed by atoms with Gasteiger partial charge in [0.25, 0.3) is 0 Å². The van der Waals surface area contributed by atoms with E-state index in [9.17, 15) is 0 Å². The number of benzene rings is 2. The Labute approximate surface area is 373 Å². The van der Waals surface area contributed by atoms with Gasteiger partial charge in [-0.05, 0) is 104 Å². The molecule has 0 atom stereocenters. The van der Waals surface area contributed by atoms with Gasteiger partial charge in [-0.1, -0.05) is 48.5 Å². The Morgan fingerprint density at radius 1 is 0.468 bits per heavy atom. The molecular weight excluding hydrogens is 904 g/mol. The van der Waals surface area contributed by atoms with Crippen molar-refractivity contribution >= 4 is 65.3 Å². The van der Waals surface area contributed by atoms with Crippen molar-refractivity contribution in [2.45, 2.75) is 12.8 Å². The first-order valence-corrected chi connectivity index (χ1v) is 21.6. The number of anilines is 2. The van der Waals surface area contributed by atoms with Crippen molar-refractivity contribution in [3.63, 3.8) is 0 Å². The van der Waals surface area contributed by atoms with E-state index in [0.717, 1.165) is 31.1 Å². The topological polar surface area (TPSA) is 141 Å². The monoisotopic (exact) mass is 938 g/mol. The largest absolute Gasteiger partial charge is 0.361 e. The summed E-state index contributed by atoms with van der Waals surface area (Å²) in [4.78, 5) is 46.2. The lowest BCUT2D eigenvalue weighted by molar-refractivity contribution is 0.683. The number of aromatic amines is 2. The minimum atomic E-state index is 0.476. The molecule has 0 saturated carbocycles. The van der Waals surface area contributed by atoms with Crippen molar-refractivity contribution in [2.75, 3.05) is 23.1 Å². The van der Waals surface area contributed by atoms with E-state index in [1.165, 1.54) is 21.9 Å². The molecule has 8 heterocycles.